The second kappa shape index (κ2) is 7.08. The number of aryl methyl sites for hydroxylation is 1. The maximum absolute atomic E-state index is 2.56. The lowest BCUT2D eigenvalue weighted by molar-refractivity contribution is 0.132. The quantitative estimate of drug-likeness (QED) is 0.846. The fourth-order valence-electron chi connectivity index (χ4n) is 3.07. The summed E-state index contributed by atoms with van der Waals surface area (Å²) in [5.41, 5.74) is 5.33. The van der Waals surface area contributed by atoms with Gasteiger partial charge in [-0.1, -0.05) is 61.0 Å². The first kappa shape index (κ1) is 15.3. The van der Waals surface area contributed by atoms with E-state index in [4.69, 9.17) is 0 Å². The van der Waals surface area contributed by atoms with E-state index in [0.717, 1.165) is 6.54 Å². The second-order valence-corrected chi connectivity index (χ2v) is 6.27. The first-order valence-corrected chi connectivity index (χ1v) is 8.35. The van der Waals surface area contributed by atoms with Gasteiger partial charge in [0, 0.05) is 32.7 Å². The predicted octanol–water partition coefficient (Wildman–Crippen LogP) is 3.80. The molecule has 0 N–H and O–H groups in total. The highest BCUT2D eigenvalue weighted by Gasteiger charge is 2.15. The summed E-state index contributed by atoms with van der Waals surface area (Å²) < 4.78 is 0. The molecule has 2 aromatic carbocycles. The Morgan fingerprint density at radius 3 is 1.77 bits per heavy atom. The van der Waals surface area contributed by atoms with Gasteiger partial charge in [-0.15, -0.1) is 0 Å². The molecular weight excluding hydrogens is 268 g/mol. The Morgan fingerprint density at radius 1 is 0.727 bits per heavy atom. The largest absolute Gasteiger partial charge is 0.301 e. The summed E-state index contributed by atoms with van der Waals surface area (Å²) in [4.78, 5) is 5.09. The van der Waals surface area contributed by atoms with Gasteiger partial charge in [0.2, 0.25) is 0 Å². The van der Waals surface area contributed by atoms with Crippen LogP contribution in [0.4, 0.5) is 0 Å². The summed E-state index contributed by atoms with van der Waals surface area (Å²) in [6.07, 6.45) is 0. The monoisotopic (exact) mass is 294 g/mol. The van der Waals surface area contributed by atoms with Gasteiger partial charge in [0.1, 0.15) is 0 Å². The summed E-state index contributed by atoms with van der Waals surface area (Å²) in [6, 6.07) is 17.8. The van der Waals surface area contributed by atoms with Crippen molar-refractivity contribution in [3.05, 3.63) is 59.7 Å². The smallest absolute Gasteiger partial charge is 0.0234 e. The van der Waals surface area contributed by atoms with Crippen LogP contribution in [0.1, 0.15) is 18.1 Å². The number of hydrogen-bond donors (Lipinski definition) is 0. The maximum Gasteiger partial charge on any atom is 0.0234 e. The molecule has 1 aliphatic heterocycles. The SMILES string of the molecule is CCN1CCN(Cc2ccc(-c3ccc(C)cc3)cc2)CC1. The van der Waals surface area contributed by atoms with Crippen molar-refractivity contribution in [3.8, 4) is 11.1 Å². The molecule has 1 heterocycles. The van der Waals surface area contributed by atoms with E-state index in [1.54, 1.807) is 0 Å². The molecule has 3 rings (SSSR count). The first-order chi connectivity index (χ1) is 10.7. The molecule has 2 aromatic rings. The molecule has 0 atom stereocenters. The zero-order chi connectivity index (χ0) is 15.4. The van der Waals surface area contributed by atoms with Gasteiger partial charge in [-0.25, -0.2) is 0 Å². The van der Waals surface area contributed by atoms with E-state index in [1.165, 1.54) is 55.0 Å². The van der Waals surface area contributed by atoms with Gasteiger partial charge in [0.05, 0.1) is 0 Å². The lowest BCUT2D eigenvalue weighted by Gasteiger charge is -2.34. The van der Waals surface area contributed by atoms with Crippen LogP contribution in [0, 0.1) is 6.92 Å². The Bertz CT molecular complexity index is 578. The molecule has 22 heavy (non-hydrogen) atoms. The highest BCUT2D eigenvalue weighted by molar-refractivity contribution is 5.63. The van der Waals surface area contributed by atoms with Crippen molar-refractivity contribution in [2.24, 2.45) is 0 Å². The summed E-state index contributed by atoms with van der Waals surface area (Å²) >= 11 is 0. The second-order valence-electron chi connectivity index (χ2n) is 6.27. The molecule has 2 nitrogen and oxygen atoms in total. The lowest BCUT2D eigenvalue weighted by Crippen LogP contribution is -2.45. The molecule has 0 bridgehead atoms. The predicted molar refractivity (Wildman–Crippen MR) is 94.0 cm³/mol. The van der Waals surface area contributed by atoms with Gasteiger partial charge in [0.25, 0.3) is 0 Å². The van der Waals surface area contributed by atoms with E-state index in [-0.39, 0.29) is 0 Å². The fraction of sp³-hybridized carbons (Fsp3) is 0.400. The summed E-state index contributed by atoms with van der Waals surface area (Å²) in [5, 5.41) is 0. The first-order valence-electron chi connectivity index (χ1n) is 8.35. The molecule has 2 heteroatoms. The number of likely N-dealkylation sites (N-methyl/N-ethyl adjacent to an activating group) is 1. The Labute approximate surface area is 134 Å². The van der Waals surface area contributed by atoms with Crippen LogP contribution < -0.4 is 0 Å². The Balaban J connectivity index is 1.61. The molecule has 0 aromatic heterocycles. The van der Waals surface area contributed by atoms with Crippen molar-refractivity contribution in [1.29, 1.82) is 0 Å². The van der Waals surface area contributed by atoms with E-state index >= 15 is 0 Å². The van der Waals surface area contributed by atoms with Gasteiger partial charge >= 0.3 is 0 Å². The number of hydrogen-bond acceptors (Lipinski definition) is 2. The Hall–Kier alpha value is -1.64. The zero-order valence-corrected chi connectivity index (χ0v) is 13.8. The van der Waals surface area contributed by atoms with E-state index in [2.05, 4.69) is 72.2 Å². The molecule has 116 valence electrons. The normalized spacial score (nSPS) is 16.8. The number of benzene rings is 2. The van der Waals surface area contributed by atoms with Crippen LogP contribution in [-0.4, -0.2) is 42.5 Å². The van der Waals surface area contributed by atoms with Gasteiger partial charge in [-0.2, -0.15) is 0 Å². The van der Waals surface area contributed by atoms with Crippen molar-refractivity contribution in [2.75, 3.05) is 32.7 Å². The fourth-order valence-corrected chi connectivity index (χ4v) is 3.07. The summed E-state index contributed by atoms with van der Waals surface area (Å²) in [6.45, 7) is 11.4. The van der Waals surface area contributed by atoms with Crippen LogP contribution in [0.2, 0.25) is 0 Å². The standard InChI is InChI=1S/C20H26N2/c1-3-21-12-14-22(15-13-21)16-18-6-10-20(11-7-18)19-8-4-17(2)5-9-19/h4-11H,3,12-16H2,1-2H3. The minimum Gasteiger partial charge on any atom is -0.301 e. The van der Waals surface area contributed by atoms with Crippen LogP contribution >= 0.6 is 0 Å². The topological polar surface area (TPSA) is 6.48 Å². The van der Waals surface area contributed by atoms with Crippen molar-refractivity contribution in [2.45, 2.75) is 20.4 Å². The average molecular weight is 294 g/mol. The molecule has 0 saturated carbocycles. The molecule has 0 spiro atoms. The van der Waals surface area contributed by atoms with Crippen LogP contribution in [0.3, 0.4) is 0 Å². The third-order valence-corrected chi connectivity index (χ3v) is 4.66. The molecule has 1 saturated heterocycles. The molecule has 1 aliphatic rings. The summed E-state index contributed by atoms with van der Waals surface area (Å²) in [5.74, 6) is 0. The van der Waals surface area contributed by atoms with Gasteiger partial charge < -0.3 is 4.90 Å². The van der Waals surface area contributed by atoms with E-state index < -0.39 is 0 Å². The van der Waals surface area contributed by atoms with Crippen LogP contribution in [0.5, 0.6) is 0 Å². The van der Waals surface area contributed by atoms with Crippen molar-refractivity contribution in [1.82, 2.24) is 9.80 Å². The van der Waals surface area contributed by atoms with Gasteiger partial charge in [-0.3, -0.25) is 4.90 Å². The molecule has 1 fully saturated rings. The van der Waals surface area contributed by atoms with Gasteiger partial charge in [-0.05, 0) is 30.2 Å². The van der Waals surface area contributed by atoms with Crippen LogP contribution in [0.15, 0.2) is 48.5 Å². The Morgan fingerprint density at radius 2 is 1.23 bits per heavy atom. The highest BCUT2D eigenvalue weighted by atomic mass is 15.3. The molecule has 0 aliphatic carbocycles. The summed E-state index contributed by atoms with van der Waals surface area (Å²) in [7, 11) is 0. The minimum absolute atomic E-state index is 1.08. The maximum atomic E-state index is 2.56. The molecule has 0 unspecified atom stereocenters. The molecule has 0 amide bonds. The number of piperazine rings is 1. The third-order valence-electron chi connectivity index (χ3n) is 4.66. The molecule has 0 radical (unpaired) electrons. The van der Waals surface area contributed by atoms with Crippen LogP contribution in [-0.2, 0) is 6.54 Å². The Kier molecular flexibility index (Phi) is 4.91. The van der Waals surface area contributed by atoms with Crippen LogP contribution in [0.25, 0.3) is 11.1 Å². The van der Waals surface area contributed by atoms with Crippen molar-refractivity contribution < 1.29 is 0 Å². The zero-order valence-electron chi connectivity index (χ0n) is 13.8. The molecular formula is C20H26N2. The van der Waals surface area contributed by atoms with E-state index in [0.29, 0.717) is 0 Å². The van der Waals surface area contributed by atoms with E-state index in [1.807, 2.05) is 0 Å². The number of nitrogens with zero attached hydrogens (tertiary/aromatic N) is 2. The van der Waals surface area contributed by atoms with E-state index in [9.17, 15) is 0 Å². The van der Waals surface area contributed by atoms with Crippen molar-refractivity contribution >= 4 is 0 Å². The number of rotatable bonds is 4. The highest BCUT2D eigenvalue weighted by Crippen LogP contribution is 2.21. The van der Waals surface area contributed by atoms with Gasteiger partial charge in [0.15, 0.2) is 0 Å². The average Bonchev–Trinajstić information content (AvgIpc) is 2.57. The third kappa shape index (κ3) is 3.76. The lowest BCUT2D eigenvalue weighted by atomic mass is 10.0. The van der Waals surface area contributed by atoms with Crippen molar-refractivity contribution in [3.63, 3.8) is 0 Å². The minimum atomic E-state index is 1.08.